The molecule has 0 fully saturated rings. The zero-order chi connectivity index (χ0) is 9.84. The number of nitrogens with zero attached hydrogens (tertiary/aromatic N) is 1. The Morgan fingerprint density at radius 3 is 2.69 bits per heavy atom. The van der Waals surface area contributed by atoms with Gasteiger partial charge in [-0.25, -0.2) is 0 Å². The second-order valence-corrected chi connectivity index (χ2v) is 3.13. The Balaban J connectivity index is 3.34. The van der Waals surface area contributed by atoms with E-state index < -0.39 is 0 Å². The van der Waals surface area contributed by atoms with Crippen LogP contribution in [0.4, 0.5) is 0 Å². The molecule has 0 radical (unpaired) electrons. The highest BCUT2D eigenvalue weighted by molar-refractivity contribution is 7.98. The summed E-state index contributed by atoms with van der Waals surface area (Å²) in [6.45, 7) is 0. The number of phenols is 1. The summed E-state index contributed by atoms with van der Waals surface area (Å²) in [7, 11) is 1.48. The Morgan fingerprint density at radius 2 is 2.23 bits per heavy atom. The molecule has 13 heavy (non-hydrogen) atoms. The minimum atomic E-state index is 0.0362. The van der Waals surface area contributed by atoms with E-state index in [1.807, 2.05) is 6.07 Å². The first kappa shape index (κ1) is 9.75. The fraction of sp³-hybridized carbons (Fsp3) is 0.222. The molecule has 0 aliphatic carbocycles. The standard InChI is InChI=1S/C9H9NO2S/c1-12-7-4-3-6(5-10)9(13-2)8(7)11/h3-4,11H,1-2H3. The van der Waals surface area contributed by atoms with Gasteiger partial charge < -0.3 is 9.84 Å². The molecule has 0 unspecified atom stereocenters. The molecule has 0 aliphatic heterocycles. The quantitative estimate of drug-likeness (QED) is 0.733. The Hall–Kier alpha value is -1.34. The largest absolute Gasteiger partial charge is 0.503 e. The molecule has 1 N–H and O–H groups in total. The van der Waals surface area contributed by atoms with Crippen molar-refractivity contribution in [3.63, 3.8) is 0 Å². The topological polar surface area (TPSA) is 53.2 Å². The van der Waals surface area contributed by atoms with Gasteiger partial charge in [0.15, 0.2) is 11.5 Å². The lowest BCUT2D eigenvalue weighted by atomic mass is 10.2. The summed E-state index contributed by atoms with van der Waals surface area (Å²) in [4.78, 5) is 0.557. The molecular formula is C9H9NO2S. The number of hydrogen-bond acceptors (Lipinski definition) is 4. The summed E-state index contributed by atoms with van der Waals surface area (Å²) in [5.41, 5.74) is 0.464. The van der Waals surface area contributed by atoms with Gasteiger partial charge in [-0.3, -0.25) is 0 Å². The van der Waals surface area contributed by atoms with Crippen molar-refractivity contribution in [1.82, 2.24) is 0 Å². The van der Waals surface area contributed by atoms with E-state index in [2.05, 4.69) is 0 Å². The van der Waals surface area contributed by atoms with Crippen LogP contribution < -0.4 is 4.74 Å². The van der Waals surface area contributed by atoms with Crippen LogP contribution >= 0.6 is 11.8 Å². The minimum Gasteiger partial charge on any atom is -0.503 e. The maximum Gasteiger partial charge on any atom is 0.172 e. The fourth-order valence-electron chi connectivity index (χ4n) is 1.01. The number of phenolic OH excluding ortho intramolecular Hbond substituents is 1. The van der Waals surface area contributed by atoms with Crippen LogP contribution in [0.15, 0.2) is 17.0 Å². The molecule has 1 aromatic carbocycles. The van der Waals surface area contributed by atoms with Crippen LogP contribution in [0.1, 0.15) is 5.56 Å². The molecule has 68 valence electrons. The van der Waals surface area contributed by atoms with Gasteiger partial charge in [0.2, 0.25) is 0 Å². The molecule has 0 bridgehead atoms. The predicted octanol–water partition coefficient (Wildman–Crippen LogP) is 1.99. The second-order valence-electron chi connectivity index (χ2n) is 2.31. The van der Waals surface area contributed by atoms with Gasteiger partial charge >= 0.3 is 0 Å². The number of rotatable bonds is 2. The number of benzene rings is 1. The molecule has 0 aliphatic rings. The zero-order valence-corrected chi connectivity index (χ0v) is 8.18. The first-order valence-electron chi connectivity index (χ1n) is 3.58. The van der Waals surface area contributed by atoms with Crippen molar-refractivity contribution < 1.29 is 9.84 Å². The third-order valence-electron chi connectivity index (χ3n) is 1.64. The van der Waals surface area contributed by atoms with Gasteiger partial charge in [0.25, 0.3) is 0 Å². The first-order chi connectivity index (χ1) is 6.24. The summed E-state index contributed by atoms with van der Waals surface area (Å²) >= 11 is 1.32. The SMILES string of the molecule is COc1ccc(C#N)c(SC)c1O. The van der Waals surface area contributed by atoms with Gasteiger partial charge in [-0.15, -0.1) is 11.8 Å². The summed E-state index contributed by atoms with van der Waals surface area (Å²) in [5.74, 6) is 0.428. The van der Waals surface area contributed by atoms with Crippen molar-refractivity contribution in [2.45, 2.75) is 4.90 Å². The van der Waals surface area contributed by atoms with Gasteiger partial charge in [-0.2, -0.15) is 5.26 Å². The maximum atomic E-state index is 9.60. The van der Waals surface area contributed by atoms with Crippen molar-refractivity contribution in [2.24, 2.45) is 0 Å². The van der Waals surface area contributed by atoms with Crippen molar-refractivity contribution in [3.05, 3.63) is 17.7 Å². The fourth-order valence-corrected chi connectivity index (χ4v) is 1.64. The molecule has 0 saturated carbocycles. The first-order valence-corrected chi connectivity index (χ1v) is 4.81. The van der Waals surface area contributed by atoms with Gasteiger partial charge in [0.1, 0.15) is 6.07 Å². The lowest BCUT2D eigenvalue weighted by molar-refractivity contribution is 0.367. The van der Waals surface area contributed by atoms with Crippen LogP contribution in [-0.2, 0) is 0 Å². The van der Waals surface area contributed by atoms with E-state index in [0.717, 1.165) is 0 Å². The van der Waals surface area contributed by atoms with E-state index in [9.17, 15) is 5.11 Å². The molecule has 4 heteroatoms. The highest BCUT2D eigenvalue weighted by Crippen LogP contribution is 2.37. The van der Waals surface area contributed by atoms with E-state index in [1.165, 1.54) is 18.9 Å². The Labute approximate surface area is 80.9 Å². The zero-order valence-electron chi connectivity index (χ0n) is 7.37. The number of nitriles is 1. The summed E-state index contributed by atoms with van der Waals surface area (Å²) < 4.78 is 4.91. The summed E-state index contributed by atoms with van der Waals surface area (Å²) in [5, 5.41) is 18.3. The van der Waals surface area contributed by atoms with Gasteiger partial charge in [-0.1, -0.05) is 0 Å². The molecule has 0 amide bonds. The normalized spacial score (nSPS) is 9.31. The molecule has 0 heterocycles. The van der Waals surface area contributed by atoms with Gasteiger partial charge in [0.05, 0.1) is 17.6 Å². The molecule has 1 aromatic rings. The summed E-state index contributed by atoms with van der Waals surface area (Å²) in [6.07, 6.45) is 1.80. The van der Waals surface area contributed by atoms with Crippen molar-refractivity contribution in [2.75, 3.05) is 13.4 Å². The lowest BCUT2D eigenvalue weighted by Gasteiger charge is -2.07. The Morgan fingerprint density at radius 1 is 1.54 bits per heavy atom. The highest BCUT2D eigenvalue weighted by atomic mass is 32.2. The average Bonchev–Trinajstić information content (AvgIpc) is 2.17. The second kappa shape index (κ2) is 4.06. The van der Waals surface area contributed by atoms with Gasteiger partial charge in [-0.05, 0) is 18.4 Å². The molecular weight excluding hydrogens is 186 g/mol. The van der Waals surface area contributed by atoms with E-state index in [1.54, 1.807) is 18.4 Å². The number of ether oxygens (including phenoxy) is 1. The van der Waals surface area contributed by atoms with Crippen LogP contribution in [0.2, 0.25) is 0 Å². The average molecular weight is 195 g/mol. The molecule has 0 atom stereocenters. The molecule has 0 aromatic heterocycles. The van der Waals surface area contributed by atoms with E-state index >= 15 is 0 Å². The summed E-state index contributed by atoms with van der Waals surface area (Å²) in [6, 6.07) is 5.21. The van der Waals surface area contributed by atoms with Crippen LogP contribution in [0.5, 0.6) is 11.5 Å². The number of hydrogen-bond donors (Lipinski definition) is 1. The number of thioether (sulfide) groups is 1. The van der Waals surface area contributed by atoms with Crippen LogP contribution in [0.25, 0.3) is 0 Å². The smallest absolute Gasteiger partial charge is 0.172 e. The molecule has 0 saturated heterocycles. The van der Waals surface area contributed by atoms with E-state index in [-0.39, 0.29) is 5.75 Å². The van der Waals surface area contributed by atoms with Crippen LogP contribution in [-0.4, -0.2) is 18.5 Å². The third-order valence-corrected chi connectivity index (χ3v) is 2.46. The predicted molar refractivity (Wildman–Crippen MR) is 51.2 cm³/mol. The maximum absolute atomic E-state index is 9.60. The highest BCUT2D eigenvalue weighted by Gasteiger charge is 2.11. The number of aromatic hydroxyl groups is 1. The van der Waals surface area contributed by atoms with Crippen molar-refractivity contribution in [3.8, 4) is 17.6 Å². The Kier molecular flexibility index (Phi) is 3.04. The molecule has 1 rings (SSSR count). The minimum absolute atomic E-state index is 0.0362. The van der Waals surface area contributed by atoms with Gasteiger partial charge in [0, 0.05) is 0 Å². The third kappa shape index (κ3) is 1.70. The molecule has 3 nitrogen and oxygen atoms in total. The van der Waals surface area contributed by atoms with Crippen LogP contribution in [0.3, 0.4) is 0 Å². The van der Waals surface area contributed by atoms with E-state index in [4.69, 9.17) is 10.00 Å². The lowest BCUT2D eigenvalue weighted by Crippen LogP contribution is -1.87. The van der Waals surface area contributed by atoms with Crippen molar-refractivity contribution >= 4 is 11.8 Å². The molecule has 0 spiro atoms. The van der Waals surface area contributed by atoms with Crippen LogP contribution in [0, 0.1) is 11.3 Å². The monoisotopic (exact) mass is 195 g/mol. The number of methoxy groups -OCH3 is 1. The van der Waals surface area contributed by atoms with Crippen molar-refractivity contribution in [1.29, 1.82) is 5.26 Å². The van der Waals surface area contributed by atoms with E-state index in [0.29, 0.717) is 16.2 Å². The Bertz CT molecular complexity index is 357.